The van der Waals surface area contributed by atoms with Gasteiger partial charge in [0.2, 0.25) is 0 Å². The molecule has 2 aromatic rings. The van der Waals surface area contributed by atoms with Gasteiger partial charge in [-0.05, 0) is 24.3 Å². The summed E-state index contributed by atoms with van der Waals surface area (Å²) in [6, 6.07) is 7.66. The molecule has 6 nitrogen and oxygen atoms in total. The minimum absolute atomic E-state index is 0.00249. The fourth-order valence-electron chi connectivity index (χ4n) is 2.86. The Morgan fingerprint density at radius 3 is 2.78 bits per heavy atom. The van der Waals surface area contributed by atoms with E-state index in [9.17, 15) is 4.79 Å². The number of carbonyl (C=O) groups excluding carboxylic acids is 1. The number of rotatable bonds is 3. The first-order valence-corrected chi connectivity index (χ1v) is 7.71. The lowest BCUT2D eigenvalue weighted by Gasteiger charge is -2.36. The van der Waals surface area contributed by atoms with E-state index in [1.807, 2.05) is 66.0 Å². The van der Waals surface area contributed by atoms with Crippen molar-refractivity contribution in [3.8, 4) is 0 Å². The average molecular weight is 314 g/mol. The number of nitrogens with zero attached hydrogens (tertiary/aromatic N) is 4. The van der Waals surface area contributed by atoms with Crippen LogP contribution in [0.3, 0.4) is 0 Å². The van der Waals surface area contributed by atoms with Gasteiger partial charge in [0.05, 0.1) is 24.8 Å². The lowest BCUT2D eigenvalue weighted by atomic mass is 10.1. The van der Waals surface area contributed by atoms with E-state index in [0.717, 1.165) is 11.5 Å². The normalized spacial score (nSPS) is 18.0. The van der Waals surface area contributed by atoms with Gasteiger partial charge in [-0.2, -0.15) is 0 Å². The van der Waals surface area contributed by atoms with E-state index < -0.39 is 0 Å². The first-order chi connectivity index (χ1) is 11.1. The number of pyridine rings is 1. The Morgan fingerprint density at radius 1 is 1.35 bits per heavy atom. The zero-order chi connectivity index (χ0) is 16.4. The van der Waals surface area contributed by atoms with Gasteiger partial charge in [0.1, 0.15) is 5.82 Å². The zero-order valence-electron chi connectivity index (χ0n) is 13.8. The van der Waals surface area contributed by atoms with Crippen molar-refractivity contribution in [2.24, 2.45) is 7.05 Å². The molecule has 23 heavy (non-hydrogen) atoms. The number of amides is 1. The molecular weight excluding hydrogens is 292 g/mol. The predicted octanol–water partition coefficient (Wildman–Crippen LogP) is 1.70. The zero-order valence-corrected chi connectivity index (χ0v) is 13.8. The van der Waals surface area contributed by atoms with Crippen LogP contribution in [0, 0.1) is 0 Å². The molecular formula is C17H22N4O2. The summed E-state index contributed by atoms with van der Waals surface area (Å²) in [4.78, 5) is 21.0. The summed E-state index contributed by atoms with van der Waals surface area (Å²) < 4.78 is 7.63. The lowest BCUT2D eigenvalue weighted by molar-refractivity contribution is -0.00465. The first kappa shape index (κ1) is 15.6. The van der Waals surface area contributed by atoms with Gasteiger partial charge >= 0.3 is 0 Å². The van der Waals surface area contributed by atoms with Crippen LogP contribution in [0.2, 0.25) is 0 Å². The molecule has 1 aliphatic rings. The van der Waals surface area contributed by atoms with Gasteiger partial charge < -0.3 is 19.1 Å². The average Bonchev–Trinajstić information content (AvgIpc) is 3.00. The molecule has 2 aromatic heterocycles. The molecule has 6 heteroatoms. The summed E-state index contributed by atoms with van der Waals surface area (Å²) in [6.45, 7) is 1.67. The van der Waals surface area contributed by atoms with E-state index >= 15 is 0 Å². The fourth-order valence-corrected chi connectivity index (χ4v) is 2.86. The number of hydrogen-bond acceptors (Lipinski definition) is 4. The number of hydrogen-bond donors (Lipinski definition) is 0. The summed E-state index contributed by atoms with van der Waals surface area (Å²) in [5.41, 5.74) is 1.69. The van der Waals surface area contributed by atoms with Crippen molar-refractivity contribution in [2.45, 2.75) is 6.04 Å². The highest BCUT2D eigenvalue weighted by molar-refractivity contribution is 5.94. The maximum atomic E-state index is 12.9. The van der Waals surface area contributed by atoms with Crippen molar-refractivity contribution in [1.82, 2.24) is 14.5 Å². The highest BCUT2D eigenvalue weighted by Crippen LogP contribution is 2.26. The van der Waals surface area contributed by atoms with Crippen LogP contribution in [-0.2, 0) is 11.8 Å². The highest BCUT2D eigenvalue weighted by atomic mass is 16.5. The van der Waals surface area contributed by atoms with Gasteiger partial charge in [0, 0.05) is 45.8 Å². The van der Waals surface area contributed by atoms with Crippen LogP contribution in [0.4, 0.5) is 5.82 Å². The molecule has 1 amide bonds. The molecule has 1 aliphatic heterocycles. The topological polar surface area (TPSA) is 50.6 Å². The third-order valence-electron chi connectivity index (χ3n) is 4.17. The van der Waals surface area contributed by atoms with Crippen molar-refractivity contribution in [3.05, 3.63) is 47.9 Å². The van der Waals surface area contributed by atoms with Gasteiger partial charge in [0.15, 0.2) is 0 Å². The number of anilines is 1. The molecule has 0 spiro atoms. The maximum Gasteiger partial charge on any atom is 0.256 e. The summed E-state index contributed by atoms with van der Waals surface area (Å²) in [7, 11) is 5.84. The van der Waals surface area contributed by atoms with Crippen molar-refractivity contribution in [2.75, 3.05) is 38.8 Å². The second-order valence-corrected chi connectivity index (χ2v) is 5.93. The van der Waals surface area contributed by atoms with Crippen molar-refractivity contribution in [3.63, 3.8) is 0 Å². The fraction of sp³-hybridized carbons (Fsp3) is 0.412. The minimum atomic E-state index is -0.0650. The smallest absolute Gasteiger partial charge is 0.256 e. The van der Waals surface area contributed by atoms with E-state index in [1.54, 1.807) is 6.20 Å². The summed E-state index contributed by atoms with van der Waals surface area (Å²) in [5.74, 6) is 0.833. The molecule has 0 saturated carbocycles. The van der Waals surface area contributed by atoms with E-state index in [4.69, 9.17) is 4.74 Å². The van der Waals surface area contributed by atoms with Crippen LogP contribution >= 0.6 is 0 Å². The van der Waals surface area contributed by atoms with Crippen molar-refractivity contribution in [1.29, 1.82) is 0 Å². The molecule has 3 rings (SSSR count). The van der Waals surface area contributed by atoms with Crippen molar-refractivity contribution < 1.29 is 9.53 Å². The van der Waals surface area contributed by atoms with Crippen LogP contribution in [0.25, 0.3) is 0 Å². The Labute approximate surface area is 136 Å². The van der Waals surface area contributed by atoms with Crippen molar-refractivity contribution >= 4 is 11.7 Å². The van der Waals surface area contributed by atoms with E-state index in [0.29, 0.717) is 25.3 Å². The van der Waals surface area contributed by atoms with Gasteiger partial charge in [0.25, 0.3) is 5.91 Å². The summed E-state index contributed by atoms with van der Waals surface area (Å²) in [6.07, 6.45) is 3.63. The monoisotopic (exact) mass is 314 g/mol. The second-order valence-electron chi connectivity index (χ2n) is 5.93. The van der Waals surface area contributed by atoms with Gasteiger partial charge in [-0.15, -0.1) is 0 Å². The SMILES string of the molecule is CN(C)c1ccc(C(=O)N2CCOC[C@H]2c2cccn2C)cn1. The van der Waals surface area contributed by atoms with Gasteiger partial charge in [-0.25, -0.2) is 4.98 Å². The predicted molar refractivity (Wildman–Crippen MR) is 88.6 cm³/mol. The molecule has 1 atom stereocenters. The molecule has 122 valence electrons. The number of aromatic nitrogens is 2. The van der Waals surface area contributed by atoms with Crippen LogP contribution in [0.15, 0.2) is 36.7 Å². The van der Waals surface area contributed by atoms with Gasteiger partial charge in [-0.3, -0.25) is 4.79 Å². The third-order valence-corrected chi connectivity index (χ3v) is 4.17. The Bertz CT molecular complexity index is 678. The molecule has 0 radical (unpaired) electrons. The molecule has 0 aliphatic carbocycles. The molecule has 3 heterocycles. The van der Waals surface area contributed by atoms with E-state index in [1.165, 1.54) is 0 Å². The Hall–Kier alpha value is -2.34. The van der Waals surface area contributed by atoms with Crippen LogP contribution in [0.1, 0.15) is 22.1 Å². The molecule has 0 bridgehead atoms. The Balaban J connectivity index is 1.85. The standard InChI is InChI=1S/C17H22N4O2/c1-19(2)16-7-6-13(11-18-16)17(22)21-9-10-23-12-15(21)14-5-4-8-20(14)3/h4-8,11,15H,9-10,12H2,1-3H3/t15-/m0/s1. The number of carbonyl (C=O) groups is 1. The lowest BCUT2D eigenvalue weighted by Crippen LogP contribution is -2.44. The number of aryl methyl sites for hydroxylation is 1. The molecule has 0 aromatic carbocycles. The minimum Gasteiger partial charge on any atom is -0.377 e. The Kier molecular flexibility index (Phi) is 4.34. The van der Waals surface area contributed by atoms with Gasteiger partial charge in [-0.1, -0.05) is 0 Å². The molecule has 1 fully saturated rings. The second kappa shape index (κ2) is 6.42. The molecule has 0 unspecified atom stereocenters. The first-order valence-electron chi connectivity index (χ1n) is 7.71. The largest absolute Gasteiger partial charge is 0.377 e. The van der Waals surface area contributed by atoms with E-state index in [-0.39, 0.29) is 11.9 Å². The number of morpholine rings is 1. The van der Waals surface area contributed by atoms with Crippen LogP contribution in [0.5, 0.6) is 0 Å². The maximum absolute atomic E-state index is 12.9. The van der Waals surface area contributed by atoms with E-state index in [2.05, 4.69) is 4.98 Å². The third kappa shape index (κ3) is 3.07. The summed E-state index contributed by atoms with van der Waals surface area (Å²) in [5, 5.41) is 0. The van der Waals surface area contributed by atoms with Crippen LogP contribution < -0.4 is 4.90 Å². The molecule has 1 saturated heterocycles. The summed E-state index contributed by atoms with van der Waals surface area (Å²) >= 11 is 0. The Morgan fingerprint density at radius 2 is 2.17 bits per heavy atom. The highest BCUT2D eigenvalue weighted by Gasteiger charge is 2.30. The molecule has 0 N–H and O–H groups in total. The number of ether oxygens (including phenoxy) is 1. The quantitative estimate of drug-likeness (QED) is 0.865. The van der Waals surface area contributed by atoms with Crippen LogP contribution in [-0.4, -0.2) is 54.2 Å².